The number of nitrogens with one attached hydrogen (secondary N) is 1. The highest BCUT2D eigenvalue weighted by molar-refractivity contribution is 5.95. The summed E-state index contributed by atoms with van der Waals surface area (Å²) in [5.41, 5.74) is 4.02. The molecule has 0 heterocycles. The molecular formula is C19H23NO3. The molecule has 0 saturated heterocycles. The van der Waals surface area contributed by atoms with Gasteiger partial charge in [0.25, 0.3) is 5.91 Å². The van der Waals surface area contributed by atoms with Crippen LogP contribution in [0.2, 0.25) is 0 Å². The third-order valence-corrected chi connectivity index (χ3v) is 3.77. The lowest BCUT2D eigenvalue weighted by Crippen LogP contribution is -2.30. The highest BCUT2D eigenvalue weighted by atomic mass is 16.5. The maximum atomic E-state index is 12.4. The normalized spacial score (nSPS) is 11.7. The molecule has 1 atom stereocenters. The molecule has 2 aromatic carbocycles. The number of aryl methyl sites for hydroxylation is 3. The highest BCUT2D eigenvalue weighted by Gasteiger charge is 2.17. The first-order chi connectivity index (χ1) is 10.9. The van der Waals surface area contributed by atoms with Gasteiger partial charge >= 0.3 is 0 Å². The average Bonchev–Trinajstić information content (AvgIpc) is 2.51. The molecule has 0 radical (unpaired) electrons. The lowest BCUT2D eigenvalue weighted by atomic mass is 10.1. The van der Waals surface area contributed by atoms with E-state index in [-0.39, 0.29) is 5.91 Å². The van der Waals surface area contributed by atoms with Gasteiger partial charge in [-0.05, 0) is 68.7 Å². The zero-order valence-corrected chi connectivity index (χ0v) is 14.3. The van der Waals surface area contributed by atoms with Gasteiger partial charge in [0.15, 0.2) is 6.10 Å². The van der Waals surface area contributed by atoms with Crippen molar-refractivity contribution >= 4 is 11.6 Å². The Morgan fingerprint density at radius 2 is 1.78 bits per heavy atom. The minimum Gasteiger partial charge on any atom is -0.495 e. The molecule has 1 unspecified atom stereocenters. The van der Waals surface area contributed by atoms with Crippen molar-refractivity contribution in [1.29, 1.82) is 0 Å². The van der Waals surface area contributed by atoms with Crippen molar-refractivity contribution in [3.05, 3.63) is 53.1 Å². The van der Waals surface area contributed by atoms with E-state index in [1.54, 1.807) is 14.0 Å². The number of ether oxygens (including phenoxy) is 2. The fraction of sp³-hybridized carbons (Fsp3) is 0.316. The molecule has 4 heteroatoms. The van der Waals surface area contributed by atoms with Gasteiger partial charge in [0.05, 0.1) is 12.8 Å². The van der Waals surface area contributed by atoms with E-state index in [4.69, 9.17) is 9.47 Å². The van der Waals surface area contributed by atoms with Crippen LogP contribution in [0, 0.1) is 20.8 Å². The summed E-state index contributed by atoms with van der Waals surface area (Å²) < 4.78 is 11.0. The van der Waals surface area contributed by atoms with E-state index in [0.29, 0.717) is 17.2 Å². The zero-order valence-electron chi connectivity index (χ0n) is 14.3. The smallest absolute Gasteiger partial charge is 0.265 e. The first-order valence-corrected chi connectivity index (χ1v) is 7.60. The minimum absolute atomic E-state index is 0.216. The summed E-state index contributed by atoms with van der Waals surface area (Å²) in [6.45, 7) is 7.75. The molecule has 0 spiro atoms. The molecule has 122 valence electrons. The molecule has 4 nitrogen and oxygen atoms in total. The van der Waals surface area contributed by atoms with Gasteiger partial charge < -0.3 is 14.8 Å². The van der Waals surface area contributed by atoms with Crippen molar-refractivity contribution in [1.82, 2.24) is 0 Å². The molecule has 0 fully saturated rings. The van der Waals surface area contributed by atoms with Gasteiger partial charge in [0.1, 0.15) is 11.5 Å². The fourth-order valence-electron chi connectivity index (χ4n) is 2.20. The Bertz CT molecular complexity index is 710. The second-order valence-corrected chi connectivity index (χ2v) is 5.70. The van der Waals surface area contributed by atoms with E-state index in [0.717, 1.165) is 11.1 Å². The maximum Gasteiger partial charge on any atom is 0.265 e. The van der Waals surface area contributed by atoms with Crippen molar-refractivity contribution in [2.24, 2.45) is 0 Å². The number of hydrogen-bond acceptors (Lipinski definition) is 3. The predicted molar refractivity (Wildman–Crippen MR) is 92.4 cm³/mol. The molecule has 0 bridgehead atoms. The van der Waals surface area contributed by atoms with Crippen LogP contribution in [0.15, 0.2) is 36.4 Å². The number of benzene rings is 2. The number of anilines is 1. The van der Waals surface area contributed by atoms with Crippen LogP contribution in [0.3, 0.4) is 0 Å². The van der Waals surface area contributed by atoms with Gasteiger partial charge in [0.2, 0.25) is 0 Å². The Hall–Kier alpha value is -2.49. The Morgan fingerprint density at radius 1 is 1.04 bits per heavy atom. The van der Waals surface area contributed by atoms with Crippen molar-refractivity contribution in [3.8, 4) is 11.5 Å². The average molecular weight is 313 g/mol. The zero-order chi connectivity index (χ0) is 17.0. The molecule has 0 aliphatic rings. The van der Waals surface area contributed by atoms with Crippen LogP contribution in [0.5, 0.6) is 11.5 Å². The number of rotatable bonds is 5. The van der Waals surface area contributed by atoms with Gasteiger partial charge in [-0.2, -0.15) is 0 Å². The second kappa shape index (κ2) is 7.18. The van der Waals surface area contributed by atoms with Crippen molar-refractivity contribution < 1.29 is 14.3 Å². The Morgan fingerprint density at radius 3 is 2.43 bits per heavy atom. The van der Waals surface area contributed by atoms with E-state index in [1.165, 1.54) is 5.56 Å². The third kappa shape index (κ3) is 4.25. The van der Waals surface area contributed by atoms with Gasteiger partial charge in [-0.15, -0.1) is 0 Å². The van der Waals surface area contributed by atoms with Crippen molar-refractivity contribution in [3.63, 3.8) is 0 Å². The SMILES string of the molecule is COc1ccc(C)cc1NC(=O)C(C)Oc1ccc(C)c(C)c1. The largest absolute Gasteiger partial charge is 0.495 e. The van der Waals surface area contributed by atoms with E-state index < -0.39 is 6.10 Å². The Labute approximate surface area is 137 Å². The first kappa shape index (κ1) is 16.9. The molecule has 0 aliphatic heterocycles. The van der Waals surface area contributed by atoms with Crippen LogP contribution < -0.4 is 14.8 Å². The van der Waals surface area contributed by atoms with Gasteiger partial charge in [-0.1, -0.05) is 12.1 Å². The van der Waals surface area contributed by atoms with E-state index in [2.05, 4.69) is 5.32 Å². The summed E-state index contributed by atoms with van der Waals surface area (Å²) >= 11 is 0. The Balaban J connectivity index is 2.08. The second-order valence-electron chi connectivity index (χ2n) is 5.70. The van der Waals surface area contributed by atoms with Crippen LogP contribution in [0.25, 0.3) is 0 Å². The van der Waals surface area contributed by atoms with Crippen LogP contribution in [-0.2, 0) is 4.79 Å². The number of carbonyl (C=O) groups is 1. The van der Waals surface area contributed by atoms with Crippen molar-refractivity contribution in [2.75, 3.05) is 12.4 Å². The van der Waals surface area contributed by atoms with Crippen molar-refractivity contribution in [2.45, 2.75) is 33.8 Å². The predicted octanol–water partition coefficient (Wildman–Crippen LogP) is 4.03. The molecule has 23 heavy (non-hydrogen) atoms. The van der Waals surface area contributed by atoms with E-state index in [1.807, 2.05) is 57.2 Å². The number of hydrogen-bond donors (Lipinski definition) is 1. The molecule has 2 aromatic rings. The molecule has 0 aromatic heterocycles. The fourth-order valence-corrected chi connectivity index (χ4v) is 2.20. The summed E-state index contributed by atoms with van der Waals surface area (Å²) in [7, 11) is 1.58. The molecule has 0 saturated carbocycles. The number of carbonyl (C=O) groups excluding carboxylic acids is 1. The molecule has 0 aliphatic carbocycles. The summed E-state index contributed by atoms with van der Waals surface area (Å²) in [4.78, 5) is 12.4. The monoisotopic (exact) mass is 313 g/mol. The van der Waals surface area contributed by atoms with Crippen LogP contribution >= 0.6 is 0 Å². The molecule has 2 rings (SSSR count). The first-order valence-electron chi connectivity index (χ1n) is 7.60. The van der Waals surface area contributed by atoms with Crippen LogP contribution in [-0.4, -0.2) is 19.1 Å². The summed E-state index contributed by atoms with van der Waals surface area (Å²) in [6, 6.07) is 11.4. The number of methoxy groups -OCH3 is 1. The molecule has 1 amide bonds. The lowest BCUT2D eigenvalue weighted by molar-refractivity contribution is -0.122. The topological polar surface area (TPSA) is 47.6 Å². The van der Waals surface area contributed by atoms with Gasteiger partial charge in [-0.3, -0.25) is 4.79 Å². The molecular weight excluding hydrogens is 290 g/mol. The van der Waals surface area contributed by atoms with Crippen LogP contribution in [0.4, 0.5) is 5.69 Å². The minimum atomic E-state index is -0.609. The number of amides is 1. The quantitative estimate of drug-likeness (QED) is 0.906. The summed E-state index contributed by atoms with van der Waals surface area (Å²) in [6.07, 6.45) is -0.609. The van der Waals surface area contributed by atoms with Gasteiger partial charge in [0, 0.05) is 0 Å². The van der Waals surface area contributed by atoms with E-state index >= 15 is 0 Å². The standard InChI is InChI=1S/C19H23NO3/c1-12-6-9-18(22-5)17(10-12)20-19(21)15(4)23-16-8-7-13(2)14(3)11-16/h6-11,15H,1-5H3,(H,20,21). The maximum absolute atomic E-state index is 12.4. The third-order valence-electron chi connectivity index (χ3n) is 3.77. The lowest BCUT2D eigenvalue weighted by Gasteiger charge is -2.17. The van der Waals surface area contributed by atoms with Crippen LogP contribution in [0.1, 0.15) is 23.6 Å². The summed E-state index contributed by atoms with van der Waals surface area (Å²) in [5.74, 6) is 1.10. The van der Waals surface area contributed by atoms with E-state index in [9.17, 15) is 4.79 Å². The Kier molecular flexibility index (Phi) is 5.27. The highest BCUT2D eigenvalue weighted by Crippen LogP contribution is 2.25. The summed E-state index contributed by atoms with van der Waals surface area (Å²) in [5, 5.41) is 2.86. The van der Waals surface area contributed by atoms with Gasteiger partial charge in [-0.25, -0.2) is 0 Å². The molecule has 1 N–H and O–H groups in total.